The van der Waals surface area contributed by atoms with Crippen molar-refractivity contribution in [2.75, 3.05) is 39.4 Å². The number of carbonyl (C=O) groups excluding carboxylic acids is 1. The van der Waals surface area contributed by atoms with Crippen LogP contribution in [-0.2, 0) is 11.3 Å². The Hall–Kier alpha value is -1.66. The van der Waals surface area contributed by atoms with Crippen LogP contribution in [0.2, 0.25) is 0 Å². The summed E-state index contributed by atoms with van der Waals surface area (Å²) in [5.41, 5.74) is 1.04. The van der Waals surface area contributed by atoms with Crippen molar-refractivity contribution in [3.05, 3.63) is 30.1 Å². The van der Waals surface area contributed by atoms with Crippen LogP contribution >= 0.6 is 0 Å². The minimum atomic E-state index is 0.0630. The Morgan fingerprint density at radius 1 is 1.29 bits per heavy atom. The Bertz CT molecular complexity index is 561. The van der Waals surface area contributed by atoms with Crippen molar-refractivity contribution < 1.29 is 9.53 Å². The molecule has 3 aliphatic rings. The number of rotatable bonds is 4. The van der Waals surface area contributed by atoms with Gasteiger partial charge in [-0.3, -0.25) is 4.98 Å². The van der Waals surface area contributed by atoms with Gasteiger partial charge in [0.2, 0.25) is 0 Å². The molecule has 6 heteroatoms. The maximum atomic E-state index is 12.4. The van der Waals surface area contributed by atoms with E-state index in [0.717, 1.165) is 44.3 Å². The van der Waals surface area contributed by atoms with Gasteiger partial charge in [0.05, 0.1) is 6.04 Å². The summed E-state index contributed by atoms with van der Waals surface area (Å²) in [5, 5.41) is 3.02. The molecule has 6 nitrogen and oxygen atoms in total. The van der Waals surface area contributed by atoms with Crippen molar-refractivity contribution in [2.24, 2.45) is 11.8 Å². The van der Waals surface area contributed by atoms with Crippen LogP contribution in [0.1, 0.15) is 18.4 Å². The van der Waals surface area contributed by atoms with Gasteiger partial charge in [-0.05, 0) is 30.4 Å². The average Bonchev–Trinajstić information content (AvgIpc) is 2.91. The van der Waals surface area contributed by atoms with Gasteiger partial charge in [0.15, 0.2) is 0 Å². The molecule has 4 rings (SSSR count). The van der Waals surface area contributed by atoms with Crippen LogP contribution in [-0.4, -0.2) is 66.2 Å². The number of aromatic nitrogens is 1. The van der Waals surface area contributed by atoms with E-state index in [1.165, 1.54) is 19.4 Å². The summed E-state index contributed by atoms with van der Waals surface area (Å²) in [4.78, 5) is 21.0. The Labute approximate surface area is 143 Å². The normalized spacial score (nSPS) is 27.6. The molecule has 3 fully saturated rings. The molecule has 1 aromatic rings. The lowest BCUT2D eigenvalue weighted by atomic mass is 9.93. The van der Waals surface area contributed by atoms with E-state index < -0.39 is 0 Å². The van der Waals surface area contributed by atoms with Gasteiger partial charge in [0, 0.05) is 64.2 Å². The lowest BCUT2D eigenvalue weighted by Crippen LogP contribution is -2.60. The highest BCUT2D eigenvalue weighted by molar-refractivity contribution is 5.75. The predicted molar refractivity (Wildman–Crippen MR) is 90.4 cm³/mol. The van der Waals surface area contributed by atoms with E-state index in [1.807, 2.05) is 17.0 Å². The highest BCUT2D eigenvalue weighted by Crippen LogP contribution is 2.33. The number of amides is 2. The van der Waals surface area contributed by atoms with Gasteiger partial charge in [0.25, 0.3) is 0 Å². The topological polar surface area (TPSA) is 57.7 Å². The number of pyridine rings is 1. The van der Waals surface area contributed by atoms with E-state index in [-0.39, 0.29) is 6.03 Å². The number of likely N-dealkylation sites (tertiary alicyclic amines) is 2. The molecule has 1 aromatic heterocycles. The first kappa shape index (κ1) is 15.8. The fourth-order valence-electron chi connectivity index (χ4n) is 4.18. The van der Waals surface area contributed by atoms with Crippen molar-refractivity contribution >= 4 is 6.03 Å². The molecule has 0 aliphatic carbocycles. The molecular formula is C18H26N4O2. The number of carbonyl (C=O) groups is 1. The first-order valence-electron chi connectivity index (χ1n) is 9.03. The van der Waals surface area contributed by atoms with E-state index in [0.29, 0.717) is 18.5 Å². The molecule has 2 amide bonds. The Morgan fingerprint density at radius 3 is 2.96 bits per heavy atom. The van der Waals surface area contributed by atoms with Gasteiger partial charge < -0.3 is 19.9 Å². The van der Waals surface area contributed by atoms with Crippen LogP contribution in [0.25, 0.3) is 0 Å². The molecular weight excluding hydrogens is 304 g/mol. The number of nitrogens with one attached hydrogen (secondary N) is 1. The number of fused-ring (bicyclic) bond motifs is 1. The number of hydrogen-bond donors (Lipinski definition) is 1. The van der Waals surface area contributed by atoms with Crippen molar-refractivity contribution in [2.45, 2.75) is 25.4 Å². The molecule has 24 heavy (non-hydrogen) atoms. The van der Waals surface area contributed by atoms with Gasteiger partial charge in [-0.15, -0.1) is 0 Å². The fraction of sp³-hybridized carbons (Fsp3) is 0.667. The van der Waals surface area contributed by atoms with Crippen LogP contribution in [0.3, 0.4) is 0 Å². The summed E-state index contributed by atoms with van der Waals surface area (Å²) in [5.74, 6) is 1.43. The van der Waals surface area contributed by atoms with E-state index in [2.05, 4.69) is 15.2 Å². The zero-order chi connectivity index (χ0) is 16.4. The summed E-state index contributed by atoms with van der Waals surface area (Å²) in [6, 6.07) is 4.34. The monoisotopic (exact) mass is 330 g/mol. The predicted octanol–water partition coefficient (Wildman–Crippen LogP) is 1.33. The van der Waals surface area contributed by atoms with Crippen molar-refractivity contribution in [3.8, 4) is 0 Å². The molecule has 0 bridgehead atoms. The van der Waals surface area contributed by atoms with Gasteiger partial charge in [-0.2, -0.15) is 0 Å². The third-order valence-corrected chi connectivity index (χ3v) is 5.60. The second kappa shape index (κ2) is 7.07. The number of ether oxygens (including phenoxy) is 1. The van der Waals surface area contributed by atoms with Crippen molar-refractivity contribution in [3.63, 3.8) is 0 Å². The lowest BCUT2D eigenvalue weighted by molar-refractivity contribution is 0.0551. The third-order valence-electron chi connectivity index (χ3n) is 5.60. The summed E-state index contributed by atoms with van der Waals surface area (Å²) in [7, 11) is 0. The molecule has 0 saturated carbocycles. The quantitative estimate of drug-likeness (QED) is 0.905. The number of hydrogen-bond acceptors (Lipinski definition) is 4. The summed E-state index contributed by atoms with van der Waals surface area (Å²) < 4.78 is 5.45. The molecule has 0 spiro atoms. The lowest BCUT2D eigenvalue weighted by Gasteiger charge is -2.43. The molecule has 0 radical (unpaired) electrons. The van der Waals surface area contributed by atoms with E-state index in [1.54, 1.807) is 12.4 Å². The number of nitrogens with zero attached hydrogens (tertiary/aromatic N) is 3. The minimum absolute atomic E-state index is 0.0630. The Kier molecular flexibility index (Phi) is 4.67. The molecule has 0 aromatic carbocycles. The molecule has 2 atom stereocenters. The average molecular weight is 330 g/mol. The Morgan fingerprint density at radius 2 is 2.17 bits per heavy atom. The second-order valence-electron chi connectivity index (χ2n) is 7.27. The molecule has 130 valence electrons. The fourth-order valence-corrected chi connectivity index (χ4v) is 4.18. The zero-order valence-electron chi connectivity index (χ0n) is 14.1. The molecule has 1 N–H and O–H groups in total. The van der Waals surface area contributed by atoms with Crippen LogP contribution < -0.4 is 5.32 Å². The smallest absolute Gasteiger partial charge is 0.317 e. The third kappa shape index (κ3) is 3.39. The van der Waals surface area contributed by atoms with Crippen molar-refractivity contribution in [1.82, 2.24) is 20.1 Å². The maximum Gasteiger partial charge on any atom is 0.317 e. The number of urea groups is 1. The summed E-state index contributed by atoms with van der Waals surface area (Å²) >= 11 is 0. The minimum Gasteiger partial charge on any atom is -0.381 e. The zero-order valence-corrected chi connectivity index (χ0v) is 14.1. The molecule has 3 saturated heterocycles. The van der Waals surface area contributed by atoms with Gasteiger partial charge in [0.1, 0.15) is 0 Å². The summed E-state index contributed by atoms with van der Waals surface area (Å²) in [6.45, 7) is 6.61. The molecule has 0 unspecified atom stereocenters. The Balaban J connectivity index is 1.23. The van der Waals surface area contributed by atoms with Gasteiger partial charge in [-0.1, -0.05) is 6.07 Å². The second-order valence-corrected chi connectivity index (χ2v) is 7.27. The van der Waals surface area contributed by atoms with E-state index in [4.69, 9.17) is 4.74 Å². The van der Waals surface area contributed by atoms with Gasteiger partial charge >= 0.3 is 6.03 Å². The van der Waals surface area contributed by atoms with Gasteiger partial charge in [-0.25, -0.2) is 4.79 Å². The van der Waals surface area contributed by atoms with E-state index >= 15 is 0 Å². The van der Waals surface area contributed by atoms with E-state index in [9.17, 15) is 4.79 Å². The van der Waals surface area contributed by atoms with Crippen LogP contribution in [0.15, 0.2) is 24.5 Å². The highest BCUT2D eigenvalue weighted by atomic mass is 16.5. The maximum absolute atomic E-state index is 12.4. The summed E-state index contributed by atoms with van der Waals surface area (Å²) in [6.07, 6.45) is 5.91. The largest absolute Gasteiger partial charge is 0.381 e. The van der Waals surface area contributed by atoms with Crippen LogP contribution in [0, 0.1) is 11.8 Å². The first-order valence-corrected chi connectivity index (χ1v) is 9.03. The van der Waals surface area contributed by atoms with Crippen LogP contribution in [0.5, 0.6) is 0 Å². The highest BCUT2D eigenvalue weighted by Gasteiger charge is 2.47. The first-order chi connectivity index (χ1) is 11.8. The molecule has 3 aliphatic heterocycles. The SMILES string of the molecule is O=C(NCc1cccnc1)N1C[C@@H]2CN(CC3CCOCC3)C[C@@H]21. The van der Waals surface area contributed by atoms with Crippen molar-refractivity contribution in [1.29, 1.82) is 0 Å². The van der Waals surface area contributed by atoms with Crippen LogP contribution in [0.4, 0.5) is 4.79 Å². The standard InChI is InChI=1S/C18H26N4O2/c23-18(20-9-15-2-1-5-19-8-15)22-12-16-11-21(13-17(16)22)10-14-3-6-24-7-4-14/h1-2,5,8,14,16-17H,3-4,6-7,9-13H2,(H,20,23)/t16-,17-/m0/s1. The molecule has 4 heterocycles.